The molecule has 1 amide bonds. The Morgan fingerprint density at radius 1 is 1.38 bits per heavy atom. The first-order valence-corrected chi connectivity index (χ1v) is 4.87. The van der Waals surface area contributed by atoms with Crippen molar-refractivity contribution >= 4 is 11.9 Å². The summed E-state index contributed by atoms with van der Waals surface area (Å²) in [7, 11) is 0. The molecule has 3 aliphatic rings. The van der Waals surface area contributed by atoms with Gasteiger partial charge in [0.2, 0.25) is 0 Å². The van der Waals surface area contributed by atoms with E-state index >= 15 is 0 Å². The van der Waals surface area contributed by atoms with E-state index in [9.17, 15) is 22.8 Å². The molecule has 2 aliphatic heterocycles. The molecule has 1 saturated carbocycles. The SMILES string of the molecule is C[C@@H]1[C@H]2C[C@H]([C@H]2C(=O)O)N1C(=O)C(F)(F)F. The number of hydrogen-bond donors (Lipinski definition) is 1. The second kappa shape index (κ2) is 3.11. The predicted octanol–water partition coefficient (Wildman–Crippen LogP) is 0.869. The van der Waals surface area contributed by atoms with Gasteiger partial charge in [-0.1, -0.05) is 0 Å². The monoisotopic (exact) mass is 237 g/mol. The van der Waals surface area contributed by atoms with E-state index < -0.39 is 36.1 Å². The summed E-state index contributed by atoms with van der Waals surface area (Å²) in [5.74, 6) is -4.21. The molecule has 0 aromatic carbocycles. The van der Waals surface area contributed by atoms with Gasteiger partial charge in [-0.2, -0.15) is 13.2 Å². The Hall–Kier alpha value is -1.27. The van der Waals surface area contributed by atoms with E-state index in [1.807, 2.05) is 0 Å². The van der Waals surface area contributed by atoms with Crippen LogP contribution in [0.4, 0.5) is 13.2 Å². The van der Waals surface area contributed by atoms with Crippen molar-refractivity contribution < 1.29 is 27.9 Å². The standard InChI is InChI=1S/C9H10F3NO3/c1-3-4-2-5(6(4)7(14)15)13(3)8(16)9(10,11)12/h3-6H,2H2,1H3,(H,14,15)/t3-,4-,5-,6+/m1/s1. The van der Waals surface area contributed by atoms with Crippen molar-refractivity contribution in [2.24, 2.45) is 11.8 Å². The quantitative estimate of drug-likeness (QED) is 0.736. The number of carboxylic acid groups (broad SMARTS) is 1. The molecule has 2 bridgehead atoms. The Morgan fingerprint density at radius 3 is 2.31 bits per heavy atom. The van der Waals surface area contributed by atoms with Gasteiger partial charge in [-0.15, -0.1) is 0 Å². The van der Waals surface area contributed by atoms with Crippen LogP contribution in [0, 0.1) is 11.8 Å². The summed E-state index contributed by atoms with van der Waals surface area (Å²) in [6.07, 6.45) is -4.56. The van der Waals surface area contributed by atoms with Crippen molar-refractivity contribution in [1.82, 2.24) is 4.90 Å². The van der Waals surface area contributed by atoms with E-state index in [0.29, 0.717) is 11.3 Å². The molecule has 2 saturated heterocycles. The van der Waals surface area contributed by atoms with Crippen LogP contribution in [0.3, 0.4) is 0 Å². The number of fused-ring (bicyclic) bond motifs is 1. The fourth-order valence-electron chi connectivity index (χ4n) is 2.78. The molecular formula is C9H10F3NO3. The number of carbonyl (C=O) groups is 2. The van der Waals surface area contributed by atoms with Crippen LogP contribution in [0.15, 0.2) is 0 Å². The summed E-state index contributed by atoms with van der Waals surface area (Å²) in [6, 6.07) is -1.42. The molecule has 4 atom stereocenters. The van der Waals surface area contributed by atoms with Gasteiger partial charge in [0, 0.05) is 12.1 Å². The van der Waals surface area contributed by atoms with E-state index in [1.54, 1.807) is 0 Å². The lowest BCUT2D eigenvalue weighted by Crippen LogP contribution is -2.48. The second-order valence-electron chi connectivity index (χ2n) is 4.28. The molecular weight excluding hydrogens is 227 g/mol. The normalized spacial score (nSPS) is 37.1. The smallest absolute Gasteiger partial charge is 0.471 e. The largest absolute Gasteiger partial charge is 0.481 e. The topological polar surface area (TPSA) is 57.6 Å². The molecule has 1 N–H and O–H groups in total. The van der Waals surface area contributed by atoms with E-state index in [4.69, 9.17) is 5.11 Å². The van der Waals surface area contributed by atoms with Crippen molar-refractivity contribution in [2.45, 2.75) is 31.6 Å². The summed E-state index contributed by atoms with van der Waals surface area (Å²) < 4.78 is 36.8. The van der Waals surface area contributed by atoms with Gasteiger partial charge in [0.25, 0.3) is 0 Å². The molecule has 0 radical (unpaired) electrons. The van der Waals surface area contributed by atoms with Gasteiger partial charge in [0.15, 0.2) is 0 Å². The molecule has 16 heavy (non-hydrogen) atoms. The van der Waals surface area contributed by atoms with Crippen LogP contribution in [-0.2, 0) is 9.59 Å². The number of rotatable bonds is 1. The van der Waals surface area contributed by atoms with E-state index in [1.165, 1.54) is 6.92 Å². The molecule has 0 aromatic heterocycles. The number of hydrogen-bond acceptors (Lipinski definition) is 2. The highest BCUT2D eigenvalue weighted by Crippen LogP contribution is 2.51. The molecule has 7 heteroatoms. The number of carboxylic acids is 1. The number of nitrogens with zero attached hydrogens (tertiary/aromatic N) is 1. The van der Waals surface area contributed by atoms with Gasteiger partial charge in [-0.3, -0.25) is 9.59 Å². The molecule has 0 aromatic rings. The van der Waals surface area contributed by atoms with Crippen LogP contribution in [0.2, 0.25) is 0 Å². The molecule has 90 valence electrons. The van der Waals surface area contributed by atoms with E-state index in [2.05, 4.69) is 0 Å². The Morgan fingerprint density at radius 2 is 1.94 bits per heavy atom. The maximum Gasteiger partial charge on any atom is 0.471 e. The van der Waals surface area contributed by atoms with Gasteiger partial charge >= 0.3 is 18.1 Å². The molecule has 0 spiro atoms. The third-order valence-electron chi connectivity index (χ3n) is 3.57. The average Bonchev–Trinajstić information content (AvgIpc) is 2.50. The van der Waals surface area contributed by atoms with E-state index in [-0.39, 0.29) is 5.92 Å². The first-order valence-electron chi connectivity index (χ1n) is 4.87. The maximum atomic E-state index is 12.3. The lowest BCUT2D eigenvalue weighted by Gasteiger charge is -2.33. The van der Waals surface area contributed by atoms with Crippen LogP contribution < -0.4 is 0 Å². The van der Waals surface area contributed by atoms with Crippen LogP contribution >= 0.6 is 0 Å². The van der Waals surface area contributed by atoms with Crippen LogP contribution in [-0.4, -0.2) is 40.1 Å². The van der Waals surface area contributed by atoms with Gasteiger partial charge < -0.3 is 10.0 Å². The number of alkyl halides is 3. The molecule has 1 aliphatic carbocycles. The Balaban J connectivity index is 2.21. The minimum Gasteiger partial charge on any atom is -0.481 e. The Kier molecular flexibility index (Phi) is 2.18. The lowest BCUT2D eigenvalue weighted by atomic mass is 9.72. The third kappa shape index (κ3) is 1.30. The average molecular weight is 237 g/mol. The number of carbonyl (C=O) groups excluding carboxylic acids is 1. The zero-order chi connectivity index (χ0) is 12.2. The summed E-state index contributed by atoms with van der Waals surface area (Å²) in [5.41, 5.74) is 0. The summed E-state index contributed by atoms with van der Waals surface area (Å²) in [5, 5.41) is 8.82. The molecule has 4 nitrogen and oxygen atoms in total. The summed E-state index contributed by atoms with van der Waals surface area (Å²) in [6.45, 7) is 1.47. The van der Waals surface area contributed by atoms with Crippen LogP contribution in [0.5, 0.6) is 0 Å². The van der Waals surface area contributed by atoms with Gasteiger partial charge in [-0.25, -0.2) is 0 Å². The molecule has 3 fully saturated rings. The molecule has 0 unspecified atom stereocenters. The maximum absolute atomic E-state index is 12.3. The first kappa shape index (κ1) is 11.2. The third-order valence-corrected chi connectivity index (χ3v) is 3.57. The van der Waals surface area contributed by atoms with Crippen LogP contribution in [0.25, 0.3) is 0 Å². The van der Waals surface area contributed by atoms with Gasteiger partial charge in [-0.05, 0) is 19.3 Å². The van der Waals surface area contributed by atoms with Gasteiger partial charge in [0.05, 0.1) is 5.92 Å². The minimum absolute atomic E-state index is 0.339. The van der Waals surface area contributed by atoms with Crippen molar-refractivity contribution in [3.63, 3.8) is 0 Å². The lowest BCUT2D eigenvalue weighted by molar-refractivity contribution is -0.188. The van der Waals surface area contributed by atoms with Crippen molar-refractivity contribution in [3.8, 4) is 0 Å². The molecule has 3 rings (SSSR count). The van der Waals surface area contributed by atoms with Crippen LogP contribution in [0.1, 0.15) is 13.3 Å². The summed E-state index contributed by atoms with van der Waals surface area (Å²) >= 11 is 0. The van der Waals surface area contributed by atoms with Crippen molar-refractivity contribution in [1.29, 1.82) is 0 Å². The number of aliphatic carboxylic acids is 1. The fourth-order valence-corrected chi connectivity index (χ4v) is 2.78. The highest BCUT2D eigenvalue weighted by Gasteiger charge is 2.64. The Labute approximate surface area is 89.0 Å². The second-order valence-corrected chi connectivity index (χ2v) is 4.28. The zero-order valence-corrected chi connectivity index (χ0v) is 8.36. The highest BCUT2D eigenvalue weighted by atomic mass is 19.4. The molecule has 2 heterocycles. The Bertz CT molecular complexity index is 354. The van der Waals surface area contributed by atoms with Gasteiger partial charge in [0.1, 0.15) is 0 Å². The zero-order valence-electron chi connectivity index (χ0n) is 8.36. The fraction of sp³-hybridized carbons (Fsp3) is 0.778. The highest BCUT2D eigenvalue weighted by molar-refractivity contribution is 5.85. The predicted molar refractivity (Wildman–Crippen MR) is 45.4 cm³/mol. The summed E-state index contributed by atoms with van der Waals surface area (Å²) in [4.78, 5) is 22.6. The number of halogens is 3. The van der Waals surface area contributed by atoms with Crippen molar-refractivity contribution in [2.75, 3.05) is 0 Å². The van der Waals surface area contributed by atoms with E-state index in [0.717, 1.165) is 0 Å². The minimum atomic E-state index is -4.92. The number of amides is 1. The first-order chi connectivity index (χ1) is 7.25. The van der Waals surface area contributed by atoms with Crippen molar-refractivity contribution in [3.05, 3.63) is 0 Å².